The van der Waals surface area contributed by atoms with Gasteiger partial charge < -0.3 is 30.6 Å². The first-order valence-electron chi connectivity index (χ1n) is 8.79. The number of thiocarbonyl (C=S) groups is 1. The summed E-state index contributed by atoms with van der Waals surface area (Å²) in [5.41, 5.74) is 1.86. The first-order chi connectivity index (χ1) is 12.8. The van der Waals surface area contributed by atoms with E-state index in [9.17, 15) is 15.0 Å². The van der Waals surface area contributed by atoms with Gasteiger partial charge in [0.1, 0.15) is 6.10 Å². The molecule has 7 nitrogen and oxygen atoms in total. The second kappa shape index (κ2) is 7.72. The Morgan fingerprint density at radius 3 is 2.67 bits per heavy atom. The maximum Gasteiger partial charge on any atom is 0.226 e. The molecular formula is C19H24N4O3S. The quantitative estimate of drug-likeness (QED) is 0.415. The lowest BCUT2D eigenvalue weighted by Crippen LogP contribution is -2.61. The summed E-state index contributed by atoms with van der Waals surface area (Å²) in [6.07, 6.45) is 3.34. The number of carbonyl (C=O) groups excluding carboxylic acids is 1. The zero-order valence-corrected chi connectivity index (χ0v) is 16.1. The summed E-state index contributed by atoms with van der Waals surface area (Å²) in [5.74, 6) is 1.56. The van der Waals surface area contributed by atoms with Crippen LogP contribution in [0.1, 0.15) is 6.42 Å². The highest BCUT2D eigenvalue weighted by molar-refractivity contribution is 7.80. The third-order valence-electron chi connectivity index (χ3n) is 5.19. The summed E-state index contributed by atoms with van der Waals surface area (Å²) in [4.78, 5) is 16.5. The van der Waals surface area contributed by atoms with E-state index in [2.05, 4.69) is 16.6 Å². The van der Waals surface area contributed by atoms with Gasteiger partial charge in [-0.1, -0.05) is 5.92 Å². The Balaban J connectivity index is 1.95. The van der Waals surface area contributed by atoms with Gasteiger partial charge in [0.25, 0.3) is 0 Å². The lowest BCUT2D eigenvalue weighted by atomic mass is 9.77. The summed E-state index contributed by atoms with van der Waals surface area (Å²) >= 11 is 5.49. The standard InChI is InChI=1S/C19H24N4O3S/c1-4-9-20-18(26)13-10-14(24)17(25)15-16(13)23(19(27)21-15)12-7-5-11(6-8-12)22(2)3/h1,5-8,13-17,24-25H,9-10H2,2-3H3,(H,20,26)(H,21,27)/t13-,14-,15-,16-,17+/m1/s1. The van der Waals surface area contributed by atoms with Gasteiger partial charge in [-0.3, -0.25) is 4.79 Å². The molecule has 1 aromatic rings. The first kappa shape index (κ1) is 19.4. The minimum atomic E-state index is -1.02. The van der Waals surface area contributed by atoms with Gasteiger partial charge in [0, 0.05) is 25.5 Å². The fraction of sp³-hybridized carbons (Fsp3) is 0.474. The molecule has 27 heavy (non-hydrogen) atoms. The zero-order valence-electron chi connectivity index (χ0n) is 15.3. The minimum absolute atomic E-state index is 0.112. The maximum absolute atomic E-state index is 12.7. The molecule has 2 fully saturated rings. The number of benzene rings is 1. The molecule has 0 aromatic heterocycles. The van der Waals surface area contributed by atoms with Crippen LogP contribution in [-0.2, 0) is 4.79 Å². The van der Waals surface area contributed by atoms with Crippen molar-refractivity contribution >= 4 is 34.6 Å². The van der Waals surface area contributed by atoms with Gasteiger partial charge in [-0.05, 0) is 42.9 Å². The molecule has 0 spiro atoms. The van der Waals surface area contributed by atoms with Crippen molar-refractivity contribution in [1.29, 1.82) is 0 Å². The molecule has 1 amide bonds. The number of anilines is 2. The van der Waals surface area contributed by atoms with E-state index in [-0.39, 0.29) is 18.9 Å². The summed E-state index contributed by atoms with van der Waals surface area (Å²) in [6.45, 7) is 0.112. The summed E-state index contributed by atoms with van der Waals surface area (Å²) in [6, 6.07) is 6.83. The van der Waals surface area contributed by atoms with Crippen LogP contribution >= 0.6 is 12.2 Å². The van der Waals surface area contributed by atoms with Crippen molar-refractivity contribution in [2.75, 3.05) is 30.4 Å². The highest BCUT2D eigenvalue weighted by Crippen LogP contribution is 2.37. The molecule has 0 unspecified atom stereocenters. The third kappa shape index (κ3) is 3.58. The van der Waals surface area contributed by atoms with Crippen LogP contribution in [-0.4, -0.2) is 66.2 Å². The first-order valence-corrected chi connectivity index (χ1v) is 9.20. The monoisotopic (exact) mass is 388 g/mol. The van der Waals surface area contributed by atoms with E-state index in [0.717, 1.165) is 11.4 Å². The Morgan fingerprint density at radius 2 is 2.07 bits per heavy atom. The van der Waals surface area contributed by atoms with E-state index in [0.29, 0.717) is 5.11 Å². The number of hydrogen-bond donors (Lipinski definition) is 4. The molecule has 144 valence electrons. The second-order valence-electron chi connectivity index (χ2n) is 7.07. The predicted molar refractivity (Wildman–Crippen MR) is 109 cm³/mol. The fourth-order valence-corrected chi connectivity index (χ4v) is 4.18. The summed E-state index contributed by atoms with van der Waals surface area (Å²) in [5, 5.41) is 26.9. The van der Waals surface area contributed by atoms with Crippen molar-refractivity contribution in [3.05, 3.63) is 24.3 Å². The molecule has 5 atom stereocenters. The number of amides is 1. The van der Waals surface area contributed by atoms with Crippen molar-refractivity contribution < 1.29 is 15.0 Å². The van der Waals surface area contributed by atoms with Gasteiger partial charge in [-0.15, -0.1) is 6.42 Å². The van der Waals surface area contributed by atoms with E-state index < -0.39 is 30.2 Å². The Bertz CT molecular complexity index is 761. The number of hydrogen-bond acceptors (Lipinski definition) is 5. The molecule has 3 rings (SSSR count). The van der Waals surface area contributed by atoms with Crippen LogP contribution in [0.15, 0.2) is 24.3 Å². The molecule has 1 aliphatic carbocycles. The van der Waals surface area contributed by atoms with Gasteiger partial charge in [0.05, 0.1) is 30.7 Å². The van der Waals surface area contributed by atoms with Gasteiger partial charge >= 0.3 is 0 Å². The topological polar surface area (TPSA) is 88.1 Å². The van der Waals surface area contributed by atoms with Gasteiger partial charge in [0.2, 0.25) is 5.91 Å². The summed E-state index contributed by atoms with van der Waals surface area (Å²) in [7, 11) is 3.91. The molecule has 1 aromatic carbocycles. The van der Waals surface area contributed by atoms with Crippen LogP contribution in [0.2, 0.25) is 0 Å². The molecular weight excluding hydrogens is 364 g/mol. The maximum atomic E-state index is 12.7. The van der Waals surface area contributed by atoms with E-state index in [1.807, 2.05) is 48.2 Å². The second-order valence-corrected chi connectivity index (χ2v) is 7.46. The van der Waals surface area contributed by atoms with Crippen molar-refractivity contribution in [3.8, 4) is 12.3 Å². The number of carbonyl (C=O) groups is 1. The van der Waals surface area contributed by atoms with E-state index in [4.69, 9.17) is 18.6 Å². The SMILES string of the molecule is C#CCNC(=O)[C@@H]1C[C@@H](O)[C@H](O)[C@@H]2NC(=S)N(c3ccc(N(C)C)cc3)[C@@H]21. The predicted octanol–water partition coefficient (Wildman–Crippen LogP) is -0.325. The van der Waals surface area contributed by atoms with Crippen molar-refractivity contribution in [1.82, 2.24) is 10.6 Å². The van der Waals surface area contributed by atoms with Crippen LogP contribution in [0, 0.1) is 18.3 Å². The van der Waals surface area contributed by atoms with Crippen LogP contribution in [0.5, 0.6) is 0 Å². The fourth-order valence-electron chi connectivity index (χ4n) is 3.82. The lowest BCUT2D eigenvalue weighted by Gasteiger charge is -2.41. The van der Waals surface area contributed by atoms with E-state index >= 15 is 0 Å². The average Bonchev–Trinajstić information content (AvgIpc) is 3.00. The zero-order chi connectivity index (χ0) is 19.7. The van der Waals surface area contributed by atoms with Crippen molar-refractivity contribution in [2.45, 2.75) is 30.7 Å². The van der Waals surface area contributed by atoms with E-state index in [1.165, 1.54) is 0 Å². The van der Waals surface area contributed by atoms with E-state index in [1.54, 1.807) is 0 Å². The Labute approximate surface area is 164 Å². The molecule has 1 aliphatic heterocycles. The number of fused-ring (bicyclic) bond motifs is 1. The largest absolute Gasteiger partial charge is 0.390 e. The lowest BCUT2D eigenvalue weighted by molar-refractivity contribution is -0.130. The van der Waals surface area contributed by atoms with Crippen molar-refractivity contribution in [2.24, 2.45) is 5.92 Å². The number of aliphatic hydroxyl groups is 2. The van der Waals surface area contributed by atoms with Gasteiger partial charge in [0.15, 0.2) is 5.11 Å². The number of aliphatic hydroxyl groups excluding tert-OH is 2. The molecule has 1 saturated carbocycles. The molecule has 0 bridgehead atoms. The number of rotatable bonds is 4. The third-order valence-corrected chi connectivity index (χ3v) is 5.51. The normalized spacial score (nSPS) is 29.5. The number of nitrogens with zero attached hydrogens (tertiary/aromatic N) is 2. The molecule has 2 aliphatic rings. The van der Waals surface area contributed by atoms with Crippen LogP contribution in [0.25, 0.3) is 0 Å². The molecule has 1 saturated heterocycles. The molecule has 1 heterocycles. The van der Waals surface area contributed by atoms with Gasteiger partial charge in [-0.25, -0.2) is 0 Å². The van der Waals surface area contributed by atoms with Crippen molar-refractivity contribution in [3.63, 3.8) is 0 Å². The smallest absolute Gasteiger partial charge is 0.226 e. The average molecular weight is 388 g/mol. The summed E-state index contributed by atoms with van der Waals surface area (Å²) < 4.78 is 0. The van der Waals surface area contributed by atoms with Crippen LogP contribution < -0.4 is 20.4 Å². The Kier molecular flexibility index (Phi) is 5.56. The highest BCUT2D eigenvalue weighted by Gasteiger charge is 2.53. The van der Waals surface area contributed by atoms with Crippen LogP contribution in [0.3, 0.4) is 0 Å². The number of terminal acetylenes is 1. The molecule has 8 heteroatoms. The highest BCUT2D eigenvalue weighted by atomic mass is 32.1. The molecule has 0 radical (unpaired) electrons. The van der Waals surface area contributed by atoms with Gasteiger partial charge in [-0.2, -0.15) is 0 Å². The minimum Gasteiger partial charge on any atom is -0.390 e. The Hall–Kier alpha value is -2.34. The Morgan fingerprint density at radius 1 is 1.41 bits per heavy atom. The van der Waals surface area contributed by atoms with Crippen LogP contribution in [0.4, 0.5) is 11.4 Å². The number of nitrogens with one attached hydrogen (secondary N) is 2. The molecule has 4 N–H and O–H groups in total.